The van der Waals surface area contributed by atoms with E-state index in [2.05, 4.69) is 30.0 Å². The topological polar surface area (TPSA) is 38.5 Å². The Hall–Kier alpha value is -1.22. The number of rotatable bonds is 6. The van der Waals surface area contributed by atoms with Crippen LogP contribution in [-0.2, 0) is 0 Å². The van der Waals surface area contributed by atoms with Crippen molar-refractivity contribution < 1.29 is 4.74 Å². The van der Waals surface area contributed by atoms with Crippen molar-refractivity contribution in [3.8, 4) is 5.75 Å². The maximum absolute atomic E-state index is 6.07. The predicted octanol–water partition coefficient (Wildman–Crippen LogP) is 3.18. The van der Waals surface area contributed by atoms with Crippen molar-refractivity contribution in [2.45, 2.75) is 45.1 Å². The summed E-state index contributed by atoms with van der Waals surface area (Å²) in [6.45, 7) is 5.05. The molecule has 1 fully saturated rings. The summed E-state index contributed by atoms with van der Waals surface area (Å²) in [6, 6.07) is 8.63. The van der Waals surface area contributed by atoms with Gasteiger partial charge in [0.05, 0.1) is 12.3 Å². The molecule has 0 spiro atoms. The maximum atomic E-state index is 6.07. The minimum absolute atomic E-state index is 0.293. The molecule has 0 aliphatic carbocycles. The molecule has 0 aromatic heterocycles. The van der Waals surface area contributed by atoms with Crippen LogP contribution in [0.1, 0.15) is 39.0 Å². The zero-order valence-electron chi connectivity index (χ0n) is 12.0. The van der Waals surface area contributed by atoms with Gasteiger partial charge in [0.15, 0.2) is 0 Å². The second kappa shape index (κ2) is 7.39. The Morgan fingerprint density at radius 3 is 2.95 bits per heavy atom. The molecule has 1 aromatic carbocycles. The van der Waals surface area contributed by atoms with Gasteiger partial charge in [0.25, 0.3) is 0 Å². The number of unbranched alkanes of at least 4 members (excludes halogenated alkanes) is 2. The van der Waals surface area contributed by atoms with Crippen molar-refractivity contribution in [1.82, 2.24) is 0 Å². The summed E-state index contributed by atoms with van der Waals surface area (Å²) < 4.78 is 5.95. The first kappa shape index (κ1) is 14.2. The van der Waals surface area contributed by atoms with Crippen LogP contribution in [0.2, 0.25) is 0 Å². The first-order valence-corrected chi connectivity index (χ1v) is 7.53. The molecule has 1 atom stereocenters. The lowest BCUT2D eigenvalue weighted by Crippen LogP contribution is -2.42. The van der Waals surface area contributed by atoms with Crippen molar-refractivity contribution in [1.29, 1.82) is 0 Å². The van der Waals surface area contributed by atoms with Gasteiger partial charge in [0, 0.05) is 19.1 Å². The van der Waals surface area contributed by atoms with Gasteiger partial charge in [-0.25, -0.2) is 0 Å². The Labute approximate surface area is 116 Å². The van der Waals surface area contributed by atoms with Crippen LogP contribution in [0.3, 0.4) is 0 Å². The summed E-state index contributed by atoms with van der Waals surface area (Å²) >= 11 is 0. The molecule has 1 saturated heterocycles. The second-order valence-electron chi connectivity index (χ2n) is 5.37. The lowest BCUT2D eigenvalue weighted by Gasteiger charge is -2.33. The first-order chi connectivity index (χ1) is 9.31. The van der Waals surface area contributed by atoms with E-state index >= 15 is 0 Å². The molecule has 1 aliphatic rings. The van der Waals surface area contributed by atoms with Gasteiger partial charge in [-0.2, -0.15) is 0 Å². The fourth-order valence-corrected chi connectivity index (χ4v) is 2.60. The molecule has 1 unspecified atom stereocenters. The van der Waals surface area contributed by atoms with Gasteiger partial charge in [-0.3, -0.25) is 0 Å². The molecule has 1 aromatic rings. The molecule has 0 radical (unpaired) electrons. The van der Waals surface area contributed by atoms with E-state index in [-0.39, 0.29) is 0 Å². The molecular weight excluding hydrogens is 236 g/mol. The molecule has 2 N–H and O–H groups in total. The molecule has 1 heterocycles. The summed E-state index contributed by atoms with van der Waals surface area (Å²) in [5.41, 5.74) is 7.27. The van der Waals surface area contributed by atoms with E-state index in [0.717, 1.165) is 38.3 Å². The van der Waals surface area contributed by atoms with E-state index in [4.69, 9.17) is 10.5 Å². The zero-order chi connectivity index (χ0) is 13.5. The SMILES string of the molecule is CCCCCOc1ccccc1N1CCCC(N)C1. The van der Waals surface area contributed by atoms with Crippen LogP contribution < -0.4 is 15.4 Å². The normalized spacial score (nSPS) is 19.5. The van der Waals surface area contributed by atoms with Crippen molar-refractivity contribution in [3.05, 3.63) is 24.3 Å². The van der Waals surface area contributed by atoms with E-state index in [1.807, 2.05) is 6.07 Å². The molecule has 3 nitrogen and oxygen atoms in total. The van der Waals surface area contributed by atoms with Gasteiger partial charge in [-0.15, -0.1) is 0 Å². The third kappa shape index (κ3) is 4.13. The van der Waals surface area contributed by atoms with E-state index in [9.17, 15) is 0 Å². The highest BCUT2D eigenvalue weighted by atomic mass is 16.5. The van der Waals surface area contributed by atoms with Crippen LogP contribution in [0.15, 0.2) is 24.3 Å². The molecule has 0 amide bonds. The molecule has 1 aliphatic heterocycles. The number of hydrogen-bond donors (Lipinski definition) is 1. The fraction of sp³-hybridized carbons (Fsp3) is 0.625. The standard InChI is InChI=1S/C16H26N2O/c1-2-3-6-12-19-16-10-5-4-9-15(16)18-11-7-8-14(17)13-18/h4-5,9-10,14H,2-3,6-8,11-13,17H2,1H3. The number of para-hydroxylation sites is 2. The minimum Gasteiger partial charge on any atom is -0.491 e. The molecule has 0 saturated carbocycles. The average molecular weight is 262 g/mol. The minimum atomic E-state index is 0.293. The Kier molecular flexibility index (Phi) is 5.52. The third-order valence-corrected chi connectivity index (χ3v) is 3.67. The number of piperidine rings is 1. The number of anilines is 1. The van der Waals surface area contributed by atoms with Gasteiger partial charge < -0.3 is 15.4 Å². The van der Waals surface area contributed by atoms with Gasteiger partial charge in [-0.05, 0) is 31.4 Å². The highest BCUT2D eigenvalue weighted by molar-refractivity contribution is 5.58. The van der Waals surface area contributed by atoms with Crippen molar-refractivity contribution >= 4 is 5.69 Å². The number of ether oxygens (including phenoxy) is 1. The van der Waals surface area contributed by atoms with Gasteiger partial charge in [0.2, 0.25) is 0 Å². The van der Waals surface area contributed by atoms with Crippen LogP contribution >= 0.6 is 0 Å². The molecule has 106 valence electrons. The van der Waals surface area contributed by atoms with Crippen molar-refractivity contribution in [3.63, 3.8) is 0 Å². The largest absolute Gasteiger partial charge is 0.491 e. The average Bonchev–Trinajstić information content (AvgIpc) is 2.44. The van der Waals surface area contributed by atoms with E-state index < -0.39 is 0 Å². The fourth-order valence-electron chi connectivity index (χ4n) is 2.60. The molecule has 19 heavy (non-hydrogen) atoms. The van der Waals surface area contributed by atoms with Crippen LogP contribution in [0.25, 0.3) is 0 Å². The summed E-state index contributed by atoms with van der Waals surface area (Å²) in [6.07, 6.45) is 5.90. The Morgan fingerprint density at radius 1 is 1.32 bits per heavy atom. The quantitative estimate of drug-likeness (QED) is 0.800. The second-order valence-corrected chi connectivity index (χ2v) is 5.37. The summed E-state index contributed by atoms with van der Waals surface area (Å²) in [7, 11) is 0. The summed E-state index contributed by atoms with van der Waals surface area (Å²) in [5, 5.41) is 0. The Balaban J connectivity index is 1.99. The van der Waals surface area contributed by atoms with Gasteiger partial charge in [-0.1, -0.05) is 31.9 Å². The van der Waals surface area contributed by atoms with Gasteiger partial charge >= 0.3 is 0 Å². The Morgan fingerprint density at radius 2 is 2.16 bits per heavy atom. The summed E-state index contributed by atoms with van der Waals surface area (Å²) in [4.78, 5) is 2.36. The number of hydrogen-bond acceptors (Lipinski definition) is 3. The van der Waals surface area contributed by atoms with Gasteiger partial charge in [0.1, 0.15) is 5.75 Å². The first-order valence-electron chi connectivity index (χ1n) is 7.53. The van der Waals surface area contributed by atoms with Crippen LogP contribution in [0, 0.1) is 0 Å². The molecule has 0 bridgehead atoms. The lowest BCUT2D eigenvalue weighted by atomic mass is 10.1. The van der Waals surface area contributed by atoms with Crippen molar-refractivity contribution in [2.75, 3.05) is 24.6 Å². The molecule has 3 heteroatoms. The number of nitrogens with zero attached hydrogens (tertiary/aromatic N) is 1. The monoisotopic (exact) mass is 262 g/mol. The highest BCUT2D eigenvalue weighted by Gasteiger charge is 2.19. The van der Waals surface area contributed by atoms with E-state index in [0.29, 0.717) is 6.04 Å². The maximum Gasteiger partial charge on any atom is 0.142 e. The van der Waals surface area contributed by atoms with E-state index in [1.165, 1.54) is 24.9 Å². The van der Waals surface area contributed by atoms with E-state index in [1.54, 1.807) is 0 Å². The van der Waals surface area contributed by atoms with Crippen LogP contribution in [0.4, 0.5) is 5.69 Å². The molecular formula is C16H26N2O. The Bertz CT molecular complexity index is 381. The predicted molar refractivity (Wildman–Crippen MR) is 80.9 cm³/mol. The number of benzene rings is 1. The zero-order valence-corrected chi connectivity index (χ0v) is 12.0. The molecule has 2 rings (SSSR count). The third-order valence-electron chi connectivity index (χ3n) is 3.67. The lowest BCUT2D eigenvalue weighted by molar-refractivity contribution is 0.306. The smallest absolute Gasteiger partial charge is 0.142 e. The van der Waals surface area contributed by atoms with Crippen molar-refractivity contribution in [2.24, 2.45) is 5.73 Å². The number of nitrogens with two attached hydrogens (primary N) is 1. The highest BCUT2D eigenvalue weighted by Crippen LogP contribution is 2.30. The summed E-state index contributed by atoms with van der Waals surface area (Å²) in [5.74, 6) is 1.01. The van der Waals surface area contributed by atoms with Crippen LogP contribution in [-0.4, -0.2) is 25.7 Å². The van der Waals surface area contributed by atoms with Crippen LogP contribution in [0.5, 0.6) is 5.75 Å².